The summed E-state index contributed by atoms with van der Waals surface area (Å²) in [5, 5.41) is 0. The van der Waals surface area contributed by atoms with E-state index in [1.165, 1.54) is 6.08 Å². The van der Waals surface area contributed by atoms with E-state index >= 15 is 0 Å². The minimum absolute atomic E-state index is 0.0461. The lowest BCUT2D eigenvalue weighted by atomic mass is 10.2. The molecule has 2 rings (SSSR count). The number of ketones is 2. The molecule has 0 heterocycles. The first-order chi connectivity index (χ1) is 6.20. The summed E-state index contributed by atoms with van der Waals surface area (Å²) in [4.78, 5) is 23.0. The van der Waals surface area contributed by atoms with Crippen LogP contribution in [0.2, 0.25) is 0 Å². The van der Waals surface area contributed by atoms with Gasteiger partial charge in [-0.2, -0.15) is 0 Å². The van der Waals surface area contributed by atoms with Gasteiger partial charge in [-0.15, -0.1) is 0 Å². The molecule has 0 aromatic heterocycles. The van der Waals surface area contributed by atoms with Crippen LogP contribution in [-0.4, -0.2) is 11.6 Å². The molecule has 0 radical (unpaired) electrons. The molecule has 0 spiro atoms. The van der Waals surface area contributed by atoms with E-state index in [1.54, 1.807) is 31.2 Å². The molecule has 0 saturated carbocycles. The first-order valence-corrected chi connectivity index (χ1v) is 4.06. The van der Waals surface area contributed by atoms with Gasteiger partial charge in [0.1, 0.15) is 0 Å². The van der Waals surface area contributed by atoms with Gasteiger partial charge in [-0.05, 0) is 13.0 Å². The van der Waals surface area contributed by atoms with E-state index in [0.717, 1.165) is 0 Å². The Hall–Kier alpha value is -1.70. The van der Waals surface area contributed by atoms with Gasteiger partial charge in [0.05, 0.1) is 0 Å². The van der Waals surface area contributed by atoms with Crippen LogP contribution in [0.1, 0.15) is 27.6 Å². The number of allylic oxidation sites excluding steroid dienone is 2. The highest BCUT2D eigenvalue weighted by Crippen LogP contribution is 2.20. The fourth-order valence-electron chi connectivity index (χ4n) is 1.45. The van der Waals surface area contributed by atoms with E-state index in [9.17, 15) is 9.59 Å². The topological polar surface area (TPSA) is 34.1 Å². The number of carbonyl (C=O) groups is 2. The fourth-order valence-corrected chi connectivity index (χ4v) is 1.45. The van der Waals surface area contributed by atoms with Crippen molar-refractivity contribution in [3.8, 4) is 0 Å². The van der Waals surface area contributed by atoms with Crippen LogP contribution < -0.4 is 0 Å². The molecular formula is C11H8O2. The van der Waals surface area contributed by atoms with E-state index < -0.39 is 0 Å². The number of hydrogen-bond acceptors (Lipinski definition) is 2. The highest BCUT2D eigenvalue weighted by Gasteiger charge is 2.21. The maximum absolute atomic E-state index is 11.5. The first-order valence-electron chi connectivity index (χ1n) is 4.06. The van der Waals surface area contributed by atoms with Crippen LogP contribution in [0.5, 0.6) is 0 Å². The van der Waals surface area contributed by atoms with Gasteiger partial charge in [0.15, 0.2) is 11.6 Å². The number of Topliss-reactive ketones (excluding diaryl/α,β-unsaturated/α-hetero) is 1. The largest absolute Gasteiger partial charge is 0.289 e. The molecule has 0 saturated heterocycles. The fraction of sp³-hybridized carbons (Fsp3) is 0.0909. The van der Waals surface area contributed by atoms with Crippen molar-refractivity contribution in [3.05, 3.63) is 47.0 Å². The predicted molar refractivity (Wildman–Crippen MR) is 48.9 cm³/mol. The summed E-state index contributed by atoms with van der Waals surface area (Å²) >= 11 is 0. The quantitative estimate of drug-likeness (QED) is 0.609. The van der Waals surface area contributed by atoms with Gasteiger partial charge in [0.25, 0.3) is 0 Å². The van der Waals surface area contributed by atoms with Gasteiger partial charge in [-0.3, -0.25) is 9.59 Å². The van der Waals surface area contributed by atoms with E-state index in [-0.39, 0.29) is 11.6 Å². The number of hydrogen-bond donors (Lipinski definition) is 0. The molecule has 13 heavy (non-hydrogen) atoms. The SMILES string of the molecule is CC1=CC(=O)[13c]2[13cH][13cH][13cH][13cH][13c]2C1=O. The van der Waals surface area contributed by atoms with Gasteiger partial charge in [0.2, 0.25) is 0 Å². The smallest absolute Gasteiger partial charge is 0.189 e. The molecule has 1 aromatic rings. The molecule has 0 aliphatic heterocycles. The lowest BCUT2D eigenvalue weighted by molar-refractivity contribution is 0.0984. The zero-order chi connectivity index (χ0) is 9.42. The van der Waals surface area contributed by atoms with Crippen molar-refractivity contribution in [3.63, 3.8) is 0 Å². The second-order valence-corrected chi connectivity index (χ2v) is 3.07. The second-order valence-electron chi connectivity index (χ2n) is 3.07. The van der Waals surface area contributed by atoms with Crippen molar-refractivity contribution in [1.82, 2.24) is 0 Å². The Morgan fingerprint density at radius 1 is 1.00 bits per heavy atom. The molecule has 1 aliphatic carbocycles. The molecule has 0 bridgehead atoms. The zero-order valence-corrected chi connectivity index (χ0v) is 7.20. The molecule has 0 N–H and O–H groups in total. The van der Waals surface area contributed by atoms with Crippen LogP contribution in [0.3, 0.4) is 0 Å². The molecular weight excluding hydrogens is 170 g/mol. The van der Waals surface area contributed by atoms with Crippen LogP contribution in [0, 0.1) is 0 Å². The van der Waals surface area contributed by atoms with Gasteiger partial charge in [-0.1, -0.05) is 24.3 Å². The first kappa shape index (κ1) is 7.92. The van der Waals surface area contributed by atoms with Crippen LogP contribution in [0.4, 0.5) is 0 Å². The van der Waals surface area contributed by atoms with Crippen LogP contribution in [0.25, 0.3) is 0 Å². The maximum atomic E-state index is 11.5. The highest BCUT2D eigenvalue weighted by atomic mass is 16.2. The Balaban J connectivity index is 2.69. The molecule has 0 amide bonds. The molecule has 2 nitrogen and oxygen atoms in total. The summed E-state index contributed by atoms with van der Waals surface area (Å²) in [7, 11) is 0. The average Bonchev–Trinajstić information content (AvgIpc) is 2.15. The van der Waals surface area contributed by atoms with Crippen molar-refractivity contribution < 1.29 is 9.59 Å². The van der Waals surface area contributed by atoms with E-state index in [1.807, 2.05) is 0 Å². The normalized spacial score (nSPS) is 15.3. The molecule has 0 atom stereocenters. The third-order valence-corrected chi connectivity index (χ3v) is 2.14. The van der Waals surface area contributed by atoms with Gasteiger partial charge in [0, 0.05) is 16.7 Å². The summed E-state index contributed by atoms with van der Waals surface area (Å²) in [6, 6.07) is 6.89. The van der Waals surface area contributed by atoms with Crippen molar-refractivity contribution in [2.24, 2.45) is 0 Å². The summed E-state index contributed by atoms with van der Waals surface area (Å²) in [5.74, 6) is -0.122. The minimum atomic E-state index is -0.0762. The summed E-state index contributed by atoms with van der Waals surface area (Å²) in [6.07, 6.45) is 1.39. The van der Waals surface area contributed by atoms with Crippen molar-refractivity contribution >= 4 is 11.6 Å². The Morgan fingerprint density at radius 3 is 2.31 bits per heavy atom. The molecule has 64 valence electrons. The predicted octanol–water partition coefficient (Wildman–Crippen LogP) is 2.01. The van der Waals surface area contributed by atoms with Gasteiger partial charge < -0.3 is 0 Å². The lowest BCUT2D eigenvalue weighted by Crippen LogP contribution is -2.14. The Bertz CT molecular complexity index is 427. The Kier molecular flexibility index (Phi) is 1.62. The number of rotatable bonds is 0. The average molecular weight is 178 g/mol. The standard InChI is InChI=1S/C11H8O2/c1-7-6-10(12)8-4-2-3-5-9(8)11(7)13/h2-6H,1H3/i2+1,3+1,4+1,5+1,8+1,9+1. The Morgan fingerprint density at radius 2 is 1.62 bits per heavy atom. The van der Waals surface area contributed by atoms with Crippen LogP contribution >= 0.6 is 0 Å². The van der Waals surface area contributed by atoms with Gasteiger partial charge in [-0.25, -0.2) is 0 Å². The molecule has 1 aliphatic rings. The molecule has 2 heteroatoms. The summed E-state index contributed by atoms with van der Waals surface area (Å²) in [6.45, 7) is 1.66. The maximum Gasteiger partial charge on any atom is 0.189 e. The van der Waals surface area contributed by atoms with E-state index in [0.29, 0.717) is 16.7 Å². The van der Waals surface area contributed by atoms with Crippen LogP contribution in [0.15, 0.2) is 35.9 Å². The monoisotopic (exact) mass is 178 g/mol. The van der Waals surface area contributed by atoms with Gasteiger partial charge >= 0.3 is 0 Å². The van der Waals surface area contributed by atoms with Crippen molar-refractivity contribution in [1.29, 1.82) is 0 Å². The highest BCUT2D eigenvalue weighted by molar-refractivity contribution is 6.24. The molecule has 0 fully saturated rings. The molecule has 1 aromatic carbocycles. The Labute approximate surface area is 75.9 Å². The van der Waals surface area contributed by atoms with Crippen molar-refractivity contribution in [2.75, 3.05) is 0 Å². The third kappa shape index (κ3) is 1.11. The third-order valence-electron chi connectivity index (χ3n) is 2.14. The van der Waals surface area contributed by atoms with Crippen LogP contribution in [-0.2, 0) is 0 Å². The molecule has 0 unspecified atom stereocenters. The lowest BCUT2D eigenvalue weighted by Gasteiger charge is -2.11. The van der Waals surface area contributed by atoms with E-state index in [4.69, 9.17) is 0 Å². The second kappa shape index (κ2) is 2.66. The minimum Gasteiger partial charge on any atom is -0.289 e. The van der Waals surface area contributed by atoms with Crippen molar-refractivity contribution in [2.45, 2.75) is 6.92 Å². The zero-order valence-electron chi connectivity index (χ0n) is 7.20. The van der Waals surface area contributed by atoms with E-state index in [2.05, 4.69) is 0 Å². The summed E-state index contributed by atoms with van der Waals surface area (Å²) < 4.78 is 0. The summed E-state index contributed by atoms with van der Waals surface area (Å²) in [5.41, 5.74) is 1.55. The number of benzene rings is 1. The number of fused-ring (bicyclic) bond motifs is 1. The number of carbonyl (C=O) groups excluding carboxylic acids is 2.